The summed E-state index contributed by atoms with van der Waals surface area (Å²) in [7, 11) is -4.33. The molecular weight excluding hydrogens is 667 g/mol. The Kier molecular flexibility index (Phi) is 9.52. The number of halogens is 4. The SMILES string of the molecule is Cc1nn(CCCC2CN(C(=O)O)C(C)(C)C2)cc1S(=O)(=O)NC(=O)c1ccc(-n2ccc(OCCC3CC3C(F)(F)F)n2)nc1Cl. The number of likely N-dealkylation sites (tertiary alicyclic amines) is 1. The van der Waals surface area contributed by atoms with Crippen LogP contribution in [-0.4, -0.2) is 79.8 Å². The van der Waals surface area contributed by atoms with Crippen LogP contribution in [0.15, 0.2) is 35.5 Å². The van der Waals surface area contributed by atoms with E-state index in [0.717, 1.165) is 12.8 Å². The van der Waals surface area contributed by atoms with E-state index in [1.165, 1.54) is 51.8 Å². The second-order valence-electron chi connectivity index (χ2n) is 12.6. The van der Waals surface area contributed by atoms with E-state index in [1.807, 2.05) is 18.6 Å². The fraction of sp³-hybridized carbons (Fsp3) is 0.552. The summed E-state index contributed by atoms with van der Waals surface area (Å²) in [5.41, 5.74) is -0.453. The lowest BCUT2D eigenvalue weighted by atomic mass is 9.93. The van der Waals surface area contributed by atoms with Crippen molar-refractivity contribution in [3.05, 3.63) is 47.0 Å². The summed E-state index contributed by atoms with van der Waals surface area (Å²) in [6, 6.07) is 4.18. The zero-order chi connectivity index (χ0) is 34.3. The van der Waals surface area contributed by atoms with Gasteiger partial charge >= 0.3 is 12.3 Å². The van der Waals surface area contributed by atoms with Crippen molar-refractivity contribution in [3.8, 4) is 11.7 Å². The van der Waals surface area contributed by atoms with Crippen LogP contribution in [0.4, 0.5) is 18.0 Å². The van der Waals surface area contributed by atoms with Crippen LogP contribution in [0.1, 0.15) is 62.0 Å². The fourth-order valence-electron chi connectivity index (χ4n) is 6.08. The van der Waals surface area contributed by atoms with E-state index >= 15 is 0 Å². The Morgan fingerprint density at radius 1 is 1.19 bits per heavy atom. The highest BCUT2D eigenvalue weighted by molar-refractivity contribution is 7.90. The van der Waals surface area contributed by atoms with E-state index in [0.29, 0.717) is 19.5 Å². The number of rotatable bonds is 12. The number of carbonyl (C=O) groups excluding carboxylic acids is 1. The van der Waals surface area contributed by atoms with Crippen LogP contribution in [0.3, 0.4) is 0 Å². The second kappa shape index (κ2) is 13.0. The molecule has 3 unspecified atom stereocenters. The third kappa shape index (κ3) is 8.00. The van der Waals surface area contributed by atoms with Gasteiger partial charge in [0, 0.05) is 37.1 Å². The van der Waals surface area contributed by atoms with Gasteiger partial charge in [0.15, 0.2) is 5.82 Å². The maximum absolute atomic E-state index is 13.1. The first-order valence-corrected chi connectivity index (χ1v) is 16.8. The largest absolute Gasteiger partial charge is 0.477 e. The molecule has 3 aromatic rings. The third-order valence-electron chi connectivity index (χ3n) is 8.57. The number of aromatic nitrogens is 5. The molecule has 13 nitrogen and oxygen atoms in total. The predicted molar refractivity (Wildman–Crippen MR) is 162 cm³/mol. The zero-order valence-electron chi connectivity index (χ0n) is 25.9. The number of aryl methyl sites for hydroxylation is 2. The maximum Gasteiger partial charge on any atom is 0.407 e. The van der Waals surface area contributed by atoms with Gasteiger partial charge in [-0.15, -0.1) is 5.10 Å². The maximum atomic E-state index is 13.1. The highest BCUT2D eigenvalue weighted by atomic mass is 35.5. The van der Waals surface area contributed by atoms with Gasteiger partial charge in [-0.3, -0.25) is 9.48 Å². The summed E-state index contributed by atoms with van der Waals surface area (Å²) in [5, 5.41) is 17.6. The predicted octanol–water partition coefficient (Wildman–Crippen LogP) is 5.07. The van der Waals surface area contributed by atoms with Crippen molar-refractivity contribution in [2.75, 3.05) is 13.2 Å². The Hall–Kier alpha value is -3.86. The molecule has 256 valence electrons. The minimum Gasteiger partial charge on any atom is -0.477 e. The molecule has 1 saturated heterocycles. The zero-order valence-corrected chi connectivity index (χ0v) is 27.4. The highest BCUT2D eigenvalue weighted by Gasteiger charge is 2.55. The first-order valence-electron chi connectivity index (χ1n) is 15.0. The van der Waals surface area contributed by atoms with Gasteiger partial charge in [-0.2, -0.15) is 18.3 Å². The number of nitrogens with one attached hydrogen (secondary N) is 1. The summed E-state index contributed by atoms with van der Waals surface area (Å²) >= 11 is 6.24. The Bertz CT molecular complexity index is 1760. The van der Waals surface area contributed by atoms with Crippen molar-refractivity contribution in [3.63, 3.8) is 0 Å². The molecule has 2 amide bonds. The number of alkyl halides is 3. The Morgan fingerprint density at radius 3 is 2.57 bits per heavy atom. The lowest BCUT2D eigenvalue weighted by Gasteiger charge is -2.28. The molecule has 18 heteroatoms. The molecule has 3 atom stereocenters. The van der Waals surface area contributed by atoms with Crippen LogP contribution in [-0.2, 0) is 16.6 Å². The van der Waals surface area contributed by atoms with Gasteiger partial charge in [-0.05, 0) is 76.8 Å². The molecule has 2 aliphatic rings. The number of ether oxygens (including phenoxy) is 1. The van der Waals surface area contributed by atoms with Crippen molar-refractivity contribution >= 4 is 33.6 Å². The van der Waals surface area contributed by atoms with Crippen LogP contribution < -0.4 is 9.46 Å². The summed E-state index contributed by atoms with van der Waals surface area (Å²) in [6.45, 7) is 6.22. The molecule has 0 bridgehead atoms. The van der Waals surface area contributed by atoms with Gasteiger partial charge in [-0.1, -0.05) is 11.6 Å². The molecule has 0 aromatic carbocycles. The summed E-state index contributed by atoms with van der Waals surface area (Å²) in [6.07, 6.45) is 0.188. The molecule has 0 spiro atoms. The van der Waals surface area contributed by atoms with E-state index in [9.17, 15) is 36.3 Å². The molecule has 1 aliphatic heterocycles. The monoisotopic (exact) mass is 701 g/mol. The van der Waals surface area contributed by atoms with E-state index in [1.54, 1.807) is 0 Å². The molecule has 3 aromatic heterocycles. The van der Waals surface area contributed by atoms with Gasteiger partial charge in [0.1, 0.15) is 10.0 Å². The van der Waals surface area contributed by atoms with E-state index in [2.05, 4.69) is 15.2 Å². The molecule has 4 heterocycles. The smallest absolute Gasteiger partial charge is 0.407 e. The van der Waals surface area contributed by atoms with Crippen LogP contribution in [0.5, 0.6) is 5.88 Å². The first kappa shape index (κ1) is 34.5. The van der Waals surface area contributed by atoms with Crippen molar-refractivity contribution < 1.29 is 41.0 Å². The van der Waals surface area contributed by atoms with Crippen molar-refractivity contribution in [1.82, 2.24) is 34.2 Å². The molecule has 2 fully saturated rings. The van der Waals surface area contributed by atoms with Crippen LogP contribution in [0, 0.1) is 24.7 Å². The molecule has 0 radical (unpaired) electrons. The number of nitrogens with zero attached hydrogens (tertiary/aromatic N) is 6. The van der Waals surface area contributed by atoms with Gasteiger partial charge in [0.2, 0.25) is 5.88 Å². The summed E-state index contributed by atoms with van der Waals surface area (Å²) in [5.74, 6) is -2.18. The standard InChI is InChI=1S/C29H35ClF3N7O6S/c1-17-22(16-38(35-17)10-4-5-18-14-28(2,3)39(15-18)27(42)43)47(44,45)37-26(41)20-6-7-23(34-25(20)30)40-11-8-24(36-40)46-12-9-19-13-21(19)29(31,32)33/h6-8,11,16,18-19,21H,4-5,9-10,12-15H2,1-3H3,(H,37,41)(H,42,43). The summed E-state index contributed by atoms with van der Waals surface area (Å²) < 4.78 is 74.6. The Labute approximate surface area is 274 Å². The number of hydrogen-bond acceptors (Lipinski definition) is 8. The van der Waals surface area contributed by atoms with E-state index < -0.39 is 45.6 Å². The molecule has 5 rings (SSSR count). The lowest BCUT2D eigenvalue weighted by Crippen LogP contribution is -2.41. The Morgan fingerprint density at radius 2 is 1.94 bits per heavy atom. The Balaban J connectivity index is 1.14. The van der Waals surface area contributed by atoms with Crippen molar-refractivity contribution in [1.29, 1.82) is 0 Å². The fourth-order valence-corrected chi connectivity index (χ4v) is 7.47. The number of carboxylic acid groups (broad SMARTS) is 1. The number of pyridine rings is 1. The van der Waals surface area contributed by atoms with Gasteiger partial charge in [0.05, 0.1) is 23.8 Å². The third-order valence-corrected chi connectivity index (χ3v) is 10.3. The summed E-state index contributed by atoms with van der Waals surface area (Å²) in [4.78, 5) is 29.8. The van der Waals surface area contributed by atoms with Crippen molar-refractivity contribution in [2.24, 2.45) is 17.8 Å². The topological polar surface area (TPSA) is 162 Å². The molecule has 1 aliphatic carbocycles. The minimum absolute atomic E-state index is 0.0703. The van der Waals surface area contributed by atoms with Gasteiger partial charge in [-0.25, -0.2) is 27.6 Å². The highest BCUT2D eigenvalue weighted by Crippen LogP contribution is 2.51. The van der Waals surface area contributed by atoms with Crippen molar-refractivity contribution in [2.45, 2.75) is 76.0 Å². The number of hydrogen-bond donors (Lipinski definition) is 2. The normalized spacial score (nSPS) is 20.7. The van der Waals surface area contributed by atoms with Gasteiger partial charge < -0.3 is 14.7 Å². The number of carbonyl (C=O) groups is 2. The molecule has 1 saturated carbocycles. The average molecular weight is 702 g/mol. The van der Waals surface area contributed by atoms with Gasteiger partial charge in [0.25, 0.3) is 15.9 Å². The van der Waals surface area contributed by atoms with Crippen LogP contribution >= 0.6 is 11.6 Å². The van der Waals surface area contributed by atoms with Crippen LogP contribution in [0.2, 0.25) is 5.15 Å². The molecule has 2 N–H and O–H groups in total. The second-order valence-corrected chi connectivity index (χ2v) is 14.6. The van der Waals surface area contributed by atoms with Crippen LogP contribution in [0.25, 0.3) is 5.82 Å². The molecular formula is C29H35ClF3N7O6S. The lowest BCUT2D eigenvalue weighted by molar-refractivity contribution is -0.151. The average Bonchev–Trinajstić information content (AvgIpc) is 3.26. The number of sulfonamides is 1. The quantitative estimate of drug-likeness (QED) is 0.246. The van der Waals surface area contributed by atoms with E-state index in [-0.39, 0.29) is 58.4 Å². The van der Waals surface area contributed by atoms with E-state index in [4.69, 9.17) is 16.3 Å². The first-order chi connectivity index (χ1) is 21.9. The molecule has 47 heavy (non-hydrogen) atoms. The number of amides is 2. The minimum atomic E-state index is -4.33.